The van der Waals surface area contributed by atoms with Crippen molar-refractivity contribution in [1.82, 2.24) is 0 Å². The van der Waals surface area contributed by atoms with E-state index in [1.165, 1.54) is 0 Å². The van der Waals surface area contributed by atoms with Crippen LogP contribution in [0.5, 0.6) is 0 Å². The van der Waals surface area contributed by atoms with Crippen molar-refractivity contribution in [2.45, 2.75) is 19.1 Å². The number of benzene rings is 1. The van der Waals surface area contributed by atoms with Crippen molar-refractivity contribution >= 4 is 20.0 Å². The number of rotatable bonds is 5. The molecule has 0 radical (unpaired) electrons. The zero-order valence-corrected chi connectivity index (χ0v) is 9.77. The van der Waals surface area contributed by atoms with Crippen molar-refractivity contribution in [2.75, 3.05) is 6.61 Å². The molecule has 0 spiro atoms. The zero-order valence-electron chi connectivity index (χ0n) is 8.14. The van der Waals surface area contributed by atoms with Crippen molar-refractivity contribution in [3.8, 4) is 0 Å². The molecule has 1 rings (SSSR count). The van der Waals surface area contributed by atoms with Gasteiger partial charge in [0.1, 0.15) is 8.77 Å². The van der Waals surface area contributed by atoms with Crippen LogP contribution < -0.4 is 0 Å². The highest BCUT2D eigenvalue weighted by molar-refractivity contribution is 8.29. The van der Waals surface area contributed by atoms with Gasteiger partial charge < -0.3 is 0 Å². The third kappa shape index (κ3) is 4.17. The lowest BCUT2D eigenvalue weighted by Crippen LogP contribution is -2.07. The molecule has 1 aromatic rings. The first kappa shape index (κ1) is 11.6. The van der Waals surface area contributed by atoms with Gasteiger partial charge in [0.2, 0.25) is 0 Å². The topological polar surface area (TPSA) is 26.3 Å². The van der Waals surface area contributed by atoms with Gasteiger partial charge in [-0.25, -0.2) is 4.21 Å². The second kappa shape index (κ2) is 5.44. The summed E-state index contributed by atoms with van der Waals surface area (Å²) in [5, 5.41) is 0. The first-order chi connectivity index (χ1) is 6.64. The van der Waals surface area contributed by atoms with Gasteiger partial charge in [-0.2, -0.15) is 0 Å². The molecule has 14 heavy (non-hydrogen) atoms. The first-order valence-corrected chi connectivity index (χ1v) is 7.13. The van der Waals surface area contributed by atoms with Crippen LogP contribution in [0.25, 0.3) is 0 Å². The Bertz CT molecular complexity index is 357. The van der Waals surface area contributed by atoms with Crippen molar-refractivity contribution in [1.29, 1.82) is 0 Å². The summed E-state index contributed by atoms with van der Waals surface area (Å²) < 4.78 is 16.8. The van der Waals surface area contributed by atoms with Gasteiger partial charge >= 0.3 is 0 Å². The molecule has 4 heteroatoms. The van der Waals surface area contributed by atoms with E-state index in [9.17, 15) is 4.21 Å². The molecule has 0 aromatic heterocycles. The molecule has 1 atom stereocenters. The second-order valence-corrected chi connectivity index (χ2v) is 6.17. The first-order valence-electron chi connectivity index (χ1n) is 4.55. The maximum absolute atomic E-state index is 11.7. The fraction of sp³-hybridized carbons (Fsp3) is 0.400. The lowest BCUT2D eigenvalue weighted by molar-refractivity contribution is 0.345. The molecule has 0 amide bonds. The van der Waals surface area contributed by atoms with E-state index >= 15 is 0 Å². The van der Waals surface area contributed by atoms with Crippen LogP contribution in [0, 0.1) is 0 Å². The van der Waals surface area contributed by atoms with Crippen molar-refractivity contribution in [2.24, 2.45) is 0 Å². The van der Waals surface area contributed by atoms with E-state index in [4.69, 9.17) is 15.4 Å². The average molecular weight is 230 g/mol. The highest BCUT2D eigenvalue weighted by atomic mass is 32.8. The van der Waals surface area contributed by atoms with Gasteiger partial charge in [-0.05, 0) is 12.0 Å². The van der Waals surface area contributed by atoms with Gasteiger partial charge in [0.15, 0.2) is 0 Å². The average Bonchev–Trinajstić information content (AvgIpc) is 2.16. The van der Waals surface area contributed by atoms with E-state index in [0.717, 1.165) is 12.0 Å². The Morgan fingerprint density at radius 1 is 1.36 bits per heavy atom. The number of hydrogen-bond acceptors (Lipinski definition) is 3. The van der Waals surface area contributed by atoms with E-state index in [1.807, 2.05) is 37.3 Å². The summed E-state index contributed by atoms with van der Waals surface area (Å²) in [5.41, 5.74) is 0.962. The smallest absolute Gasteiger partial charge is 0.148 e. The predicted octanol–water partition coefficient (Wildman–Crippen LogP) is 2.27. The summed E-state index contributed by atoms with van der Waals surface area (Å²) in [5.74, 6) is 0.323. The van der Waals surface area contributed by atoms with Crippen molar-refractivity contribution < 1.29 is 8.39 Å². The van der Waals surface area contributed by atoms with Crippen LogP contribution in [0.3, 0.4) is 0 Å². The van der Waals surface area contributed by atoms with Crippen LogP contribution in [0.1, 0.15) is 18.9 Å². The lowest BCUT2D eigenvalue weighted by atomic mass is 10.2. The van der Waals surface area contributed by atoms with Gasteiger partial charge in [-0.3, -0.25) is 4.18 Å². The molecular formula is C10H14O2S2. The van der Waals surface area contributed by atoms with Crippen molar-refractivity contribution in [3.05, 3.63) is 35.9 Å². The second-order valence-electron chi connectivity index (χ2n) is 3.01. The lowest BCUT2D eigenvalue weighted by Gasteiger charge is -2.06. The highest BCUT2D eigenvalue weighted by Crippen LogP contribution is 2.07. The molecule has 0 saturated carbocycles. The molecular weight excluding hydrogens is 216 g/mol. The molecule has 78 valence electrons. The minimum atomic E-state index is -2.56. The summed E-state index contributed by atoms with van der Waals surface area (Å²) in [4.78, 5) is 0. The Morgan fingerprint density at radius 2 is 2.00 bits per heavy atom. The monoisotopic (exact) mass is 230 g/mol. The Kier molecular flexibility index (Phi) is 4.51. The van der Waals surface area contributed by atoms with Crippen molar-refractivity contribution in [3.63, 3.8) is 0 Å². The molecule has 0 N–H and O–H groups in total. The Balaban J connectivity index is 2.60. The van der Waals surface area contributed by atoms with E-state index < -0.39 is 8.77 Å². The molecule has 1 aromatic carbocycles. The van der Waals surface area contributed by atoms with Crippen LogP contribution in [-0.4, -0.2) is 10.8 Å². The SMILES string of the molecule is CCCOS(=O)(=S)Cc1ccccc1. The quantitative estimate of drug-likeness (QED) is 0.776. The molecule has 0 aliphatic heterocycles. The van der Waals surface area contributed by atoms with Crippen LogP contribution in [0.4, 0.5) is 0 Å². The molecule has 1 unspecified atom stereocenters. The Hall–Kier alpha value is -0.450. The maximum atomic E-state index is 11.7. The fourth-order valence-corrected chi connectivity index (χ4v) is 2.75. The normalized spacial score (nSPS) is 14.9. The summed E-state index contributed by atoms with van der Waals surface area (Å²) in [7, 11) is -2.56. The highest BCUT2D eigenvalue weighted by Gasteiger charge is 2.06. The van der Waals surface area contributed by atoms with Crippen LogP contribution in [0.2, 0.25) is 0 Å². The predicted molar refractivity (Wildman–Crippen MR) is 61.9 cm³/mol. The maximum Gasteiger partial charge on any atom is 0.148 e. The molecule has 0 aliphatic carbocycles. The van der Waals surface area contributed by atoms with Crippen LogP contribution in [0.15, 0.2) is 30.3 Å². The van der Waals surface area contributed by atoms with E-state index in [2.05, 4.69) is 0 Å². The summed E-state index contributed by atoms with van der Waals surface area (Å²) >= 11 is 4.90. The van der Waals surface area contributed by atoms with Crippen LogP contribution in [-0.2, 0) is 29.9 Å². The van der Waals surface area contributed by atoms with Gasteiger partial charge in [0.25, 0.3) is 0 Å². The minimum Gasteiger partial charge on any atom is -0.290 e. The summed E-state index contributed by atoms with van der Waals surface area (Å²) in [6.45, 7) is 2.43. The van der Waals surface area contributed by atoms with Gasteiger partial charge in [0.05, 0.1) is 12.4 Å². The molecule has 0 fully saturated rings. The van der Waals surface area contributed by atoms with Gasteiger partial charge in [-0.15, -0.1) is 0 Å². The zero-order chi connectivity index (χ0) is 10.4. The largest absolute Gasteiger partial charge is 0.290 e. The standard InChI is InChI=1S/C10H14O2S2/c1-2-8-12-14(11,13)9-10-6-4-3-5-7-10/h3-7H,2,8-9H2,1H3. The third-order valence-electron chi connectivity index (χ3n) is 1.65. The van der Waals surface area contributed by atoms with Crippen LogP contribution >= 0.6 is 0 Å². The fourth-order valence-electron chi connectivity index (χ4n) is 1.03. The molecule has 2 nitrogen and oxygen atoms in total. The number of hydrogen-bond donors (Lipinski definition) is 0. The minimum absolute atomic E-state index is 0.323. The van der Waals surface area contributed by atoms with E-state index in [1.54, 1.807) is 0 Å². The summed E-state index contributed by atoms with van der Waals surface area (Å²) in [6.07, 6.45) is 0.836. The third-order valence-corrected chi connectivity index (χ3v) is 3.51. The molecule has 0 aliphatic rings. The van der Waals surface area contributed by atoms with Gasteiger partial charge in [0, 0.05) is 11.2 Å². The van der Waals surface area contributed by atoms with Gasteiger partial charge in [-0.1, -0.05) is 37.3 Å². The van der Waals surface area contributed by atoms with E-state index in [-0.39, 0.29) is 0 Å². The van der Waals surface area contributed by atoms with E-state index in [0.29, 0.717) is 12.4 Å². The molecule has 0 heterocycles. The molecule has 0 bridgehead atoms. The Labute approximate surface area is 90.2 Å². The summed E-state index contributed by atoms with van der Waals surface area (Å²) in [6, 6.07) is 9.53. The Morgan fingerprint density at radius 3 is 2.57 bits per heavy atom. The molecule has 0 saturated heterocycles.